The van der Waals surface area contributed by atoms with Crippen molar-refractivity contribution < 1.29 is 9.90 Å². The lowest BCUT2D eigenvalue weighted by atomic mass is 9.81. The molecule has 122 valence electrons. The van der Waals surface area contributed by atoms with Gasteiger partial charge in [-0.25, -0.2) is 4.98 Å². The first kappa shape index (κ1) is 16.0. The molecule has 6 heteroatoms. The minimum absolute atomic E-state index is 0.0630. The fraction of sp³-hybridized carbons (Fsp3) is 0.412. The molecule has 1 aromatic heterocycles. The molecule has 1 fully saturated rings. The van der Waals surface area contributed by atoms with E-state index in [1.54, 1.807) is 12.5 Å². The van der Waals surface area contributed by atoms with E-state index in [1.165, 1.54) is 0 Å². The van der Waals surface area contributed by atoms with Crippen molar-refractivity contribution in [3.63, 3.8) is 0 Å². The Morgan fingerprint density at radius 2 is 2.26 bits per heavy atom. The number of benzene rings is 1. The van der Waals surface area contributed by atoms with E-state index >= 15 is 0 Å². The van der Waals surface area contributed by atoms with Gasteiger partial charge in [0, 0.05) is 43.0 Å². The van der Waals surface area contributed by atoms with E-state index in [9.17, 15) is 9.90 Å². The number of aliphatic hydroxyl groups excluding tert-OH is 1. The van der Waals surface area contributed by atoms with Gasteiger partial charge in [0.25, 0.3) is 0 Å². The van der Waals surface area contributed by atoms with Crippen LogP contribution in [0, 0.1) is 5.92 Å². The van der Waals surface area contributed by atoms with Crippen LogP contribution < -0.4 is 0 Å². The number of hydrogen-bond acceptors (Lipinski definition) is 3. The van der Waals surface area contributed by atoms with E-state index in [-0.39, 0.29) is 17.9 Å². The zero-order chi connectivity index (χ0) is 16.2. The number of nitrogens with zero attached hydrogens (tertiary/aromatic N) is 3. The zero-order valence-corrected chi connectivity index (χ0v) is 13.6. The topological polar surface area (TPSA) is 58.4 Å². The Kier molecular flexibility index (Phi) is 4.98. The van der Waals surface area contributed by atoms with Gasteiger partial charge in [-0.1, -0.05) is 23.7 Å². The SMILES string of the molecule is O=C(C1CC(O)C1)N(CCn1ccnc1)Cc1cccc(Cl)c1. The molecule has 1 heterocycles. The highest BCUT2D eigenvalue weighted by Gasteiger charge is 2.35. The van der Waals surface area contributed by atoms with Crippen LogP contribution in [-0.2, 0) is 17.9 Å². The van der Waals surface area contributed by atoms with Crippen LogP contribution in [0.4, 0.5) is 0 Å². The Morgan fingerprint density at radius 3 is 2.91 bits per heavy atom. The Hall–Kier alpha value is -1.85. The fourth-order valence-corrected chi connectivity index (χ4v) is 3.04. The molecular formula is C17H20ClN3O2. The Bertz CT molecular complexity index is 654. The predicted octanol–water partition coefficient (Wildman–Crippen LogP) is 2.34. The molecule has 0 unspecified atom stereocenters. The Morgan fingerprint density at radius 1 is 1.43 bits per heavy atom. The highest BCUT2D eigenvalue weighted by Crippen LogP contribution is 2.29. The zero-order valence-electron chi connectivity index (χ0n) is 12.8. The number of halogens is 1. The maximum Gasteiger partial charge on any atom is 0.226 e. The summed E-state index contributed by atoms with van der Waals surface area (Å²) in [5.41, 5.74) is 1.01. The largest absolute Gasteiger partial charge is 0.393 e. The van der Waals surface area contributed by atoms with Crippen molar-refractivity contribution in [1.82, 2.24) is 14.5 Å². The first-order valence-electron chi connectivity index (χ1n) is 7.79. The summed E-state index contributed by atoms with van der Waals surface area (Å²) in [6, 6.07) is 7.57. The third-order valence-electron chi connectivity index (χ3n) is 4.22. The molecule has 3 rings (SSSR count). The number of aliphatic hydroxyl groups is 1. The second kappa shape index (κ2) is 7.15. The molecule has 1 aliphatic carbocycles. The van der Waals surface area contributed by atoms with E-state index in [2.05, 4.69) is 4.98 Å². The van der Waals surface area contributed by atoms with Crippen molar-refractivity contribution in [3.8, 4) is 0 Å². The van der Waals surface area contributed by atoms with Gasteiger partial charge in [-0.3, -0.25) is 4.79 Å². The summed E-state index contributed by atoms with van der Waals surface area (Å²) in [6.07, 6.45) is 6.16. The molecule has 2 aromatic rings. The van der Waals surface area contributed by atoms with Crippen molar-refractivity contribution in [2.75, 3.05) is 6.54 Å². The number of carbonyl (C=O) groups excluding carboxylic acids is 1. The minimum atomic E-state index is -0.328. The van der Waals surface area contributed by atoms with Crippen LogP contribution in [0.1, 0.15) is 18.4 Å². The average molecular weight is 334 g/mol. The summed E-state index contributed by atoms with van der Waals surface area (Å²) in [5.74, 6) is 0.0439. The van der Waals surface area contributed by atoms with Crippen LogP contribution in [0.5, 0.6) is 0 Å². The molecule has 0 spiro atoms. The number of aromatic nitrogens is 2. The molecule has 1 aliphatic rings. The van der Waals surface area contributed by atoms with Gasteiger partial charge < -0.3 is 14.6 Å². The molecule has 1 aromatic carbocycles. The lowest BCUT2D eigenvalue weighted by Gasteiger charge is -2.35. The monoisotopic (exact) mass is 333 g/mol. The van der Waals surface area contributed by atoms with Gasteiger partial charge >= 0.3 is 0 Å². The molecule has 1 N–H and O–H groups in total. The van der Waals surface area contributed by atoms with Crippen molar-refractivity contribution >= 4 is 17.5 Å². The molecule has 1 saturated carbocycles. The van der Waals surface area contributed by atoms with E-state index in [4.69, 9.17) is 11.6 Å². The van der Waals surface area contributed by atoms with E-state index in [0.29, 0.717) is 37.5 Å². The van der Waals surface area contributed by atoms with Crippen LogP contribution in [0.2, 0.25) is 5.02 Å². The lowest BCUT2D eigenvalue weighted by Crippen LogP contribution is -2.44. The van der Waals surface area contributed by atoms with Crippen molar-refractivity contribution in [2.24, 2.45) is 5.92 Å². The highest BCUT2D eigenvalue weighted by molar-refractivity contribution is 6.30. The third-order valence-corrected chi connectivity index (χ3v) is 4.46. The Balaban J connectivity index is 1.68. The smallest absolute Gasteiger partial charge is 0.226 e. The third kappa shape index (κ3) is 4.12. The van der Waals surface area contributed by atoms with Crippen molar-refractivity contribution in [1.29, 1.82) is 0 Å². The van der Waals surface area contributed by atoms with Crippen LogP contribution >= 0.6 is 11.6 Å². The first-order chi connectivity index (χ1) is 11.1. The fourth-order valence-electron chi connectivity index (χ4n) is 2.83. The number of carbonyl (C=O) groups is 1. The predicted molar refractivity (Wildman–Crippen MR) is 87.8 cm³/mol. The lowest BCUT2D eigenvalue weighted by molar-refractivity contribution is -0.143. The second-order valence-electron chi connectivity index (χ2n) is 6.01. The summed E-state index contributed by atoms with van der Waals surface area (Å²) in [4.78, 5) is 18.5. The van der Waals surface area contributed by atoms with Gasteiger partial charge in [-0.2, -0.15) is 0 Å². The maximum absolute atomic E-state index is 12.7. The molecule has 0 atom stereocenters. The molecular weight excluding hydrogens is 314 g/mol. The molecule has 0 bridgehead atoms. The average Bonchev–Trinajstić information content (AvgIpc) is 3.01. The number of imidazole rings is 1. The van der Waals surface area contributed by atoms with Gasteiger partial charge in [0.1, 0.15) is 0 Å². The molecule has 5 nitrogen and oxygen atoms in total. The molecule has 23 heavy (non-hydrogen) atoms. The van der Waals surface area contributed by atoms with Gasteiger partial charge in [-0.05, 0) is 30.5 Å². The van der Waals surface area contributed by atoms with Gasteiger partial charge in [0.15, 0.2) is 0 Å². The molecule has 1 amide bonds. The molecule has 0 aliphatic heterocycles. The van der Waals surface area contributed by atoms with E-state index in [1.807, 2.05) is 39.9 Å². The number of rotatable bonds is 6. The maximum atomic E-state index is 12.7. The van der Waals surface area contributed by atoms with E-state index < -0.39 is 0 Å². The minimum Gasteiger partial charge on any atom is -0.393 e. The summed E-state index contributed by atoms with van der Waals surface area (Å²) in [7, 11) is 0. The second-order valence-corrected chi connectivity index (χ2v) is 6.45. The van der Waals surface area contributed by atoms with Crippen LogP contribution in [0.15, 0.2) is 43.0 Å². The number of hydrogen-bond donors (Lipinski definition) is 1. The van der Waals surface area contributed by atoms with Gasteiger partial charge in [-0.15, -0.1) is 0 Å². The van der Waals surface area contributed by atoms with Crippen LogP contribution in [0.25, 0.3) is 0 Å². The summed E-state index contributed by atoms with van der Waals surface area (Å²) in [5, 5.41) is 10.1. The quantitative estimate of drug-likeness (QED) is 0.882. The van der Waals surface area contributed by atoms with Gasteiger partial charge in [0.2, 0.25) is 5.91 Å². The normalized spacial score (nSPS) is 20.1. The summed E-state index contributed by atoms with van der Waals surface area (Å²) < 4.78 is 1.95. The van der Waals surface area contributed by atoms with Crippen LogP contribution in [0.3, 0.4) is 0 Å². The standard InChI is InChI=1S/C17H20ClN3O2/c18-15-3-1-2-13(8-15)11-21(7-6-20-5-4-19-12-20)17(23)14-9-16(22)10-14/h1-5,8,12,14,16,22H,6-7,9-11H2. The molecule has 0 radical (unpaired) electrons. The number of amides is 1. The highest BCUT2D eigenvalue weighted by atomic mass is 35.5. The summed E-state index contributed by atoms with van der Waals surface area (Å²) >= 11 is 6.04. The molecule has 0 saturated heterocycles. The van der Waals surface area contributed by atoms with Gasteiger partial charge in [0.05, 0.1) is 12.4 Å². The van der Waals surface area contributed by atoms with Crippen molar-refractivity contribution in [2.45, 2.75) is 32.0 Å². The van der Waals surface area contributed by atoms with E-state index in [0.717, 1.165) is 5.56 Å². The van der Waals surface area contributed by atoms with Crippen molar-refractivity contribution in [3.05, 3.63) is 53.6 Å². The Labute approximate surface area is 140 Å². The summed E-state index contributed by atoms with van der Waals surface area (Å²) in [6.45, 7) is 1.83. The first-order valence-corrected chi connectivity index (χ1v) is 8.16. The van der Waals surface area contributed by atoms with Crippen LogP contribution in [-0.4, -0.2) is 38.1 Å².